The number of carbonyl (C=O) groups excluding carboxylic acids is 1. The third kappa shape index (κ3) is 5.75. The van der Waals surface area contributed by atoms with Crippen LogP contribution in [0.15, 0.2) is 47.7 Å². The Labute approximate surface area is 176 Å². The zero-order valence-electron chi connectivity index (χ0n) is 17.0. The summed E-state index contributed by atoms with van der Waals surface area (Å²) in [5.41, 5.74) is -1.27. The lowest BCUT2D eigenvalue weighted by Crippen LogP contribution is -2.17. The molecule has 2 N–H and O–H groups in total. The SMILES string of the molecule is CCC(C)Oc1cc(NC(=O)/C(C#N)=C(/C)O)c(F)cc1-c1ccc(C(F)(F)F)cc1. The van der Waals surface area contributed by atoms with E-state index in [1.54, 1.807) is 6.92 Å². The smallest absolute Gasteiger partial charge is 0.416 e. The van der Waals surface area contributed by atoms with Gasteiger partial charge in [0, 0.05) is 11.6 Å². The van der Waals surface area contributed by atoms with Crippen molar-refractivity contribution in [2.24, 2.45) is 0 Å². The fourth-order valence-electron chi connectivity index (χ4n) is 2.59. The third-order valence-corrected chi connectivity index (χ3v) is 4.44. The van der Waals surface area contributed by atoms with Crippen LogP contribution in [0.5, 0.6) is 5.75 Å². The fourth-order valence-corrected chi connectivity index (χ4v) is 2.59. The summed E-state index contributed by atoms with van der Waals surface area (Å²) >= 11 is 0. The van der Waals surface area contributed by atoms with Gasteiger partial charge in [0.25, 0.3) is 5.91 Å². The molecule has 0 aliphatic carbocycles. The number of benzene rings is 2. The number of alkyl halides is 3. The van der Waals surface area contributed by atoms with Gasteiger partial charge in [0.1, 0.15) is 23.4 Å². The minimum atomic E-state index is -4.51. The second kappa shape index (κ2) is 9.51. The monoisotopic (exact) mass is 436 g/mol. The molecule has 0 spiro atoms. The van der Waals surface area contributed by atoms with Gasteiger partial charge in [-0.3, -0.25) is 4.79 Å². The molecule has 5 nitrogen and oxygen atoms in total. The summed E-state index contributed by atoms with van der Waals surface area (Å²) in [4.78, 5) is 12.1. The first-order valence-electron chi connectivity index (χ1n) is 9.27. The van der Waals surface area contributed by atoms with Gasteiger partial charge in [0.15, 0.2) is 5.57 Å². The van der Waals surface area contributed by atoms with Crippen LogP contribution in [0.2, 0.25) is 0 Å². The zero-order chi connectivity index (χ0) is 23.3. The van der Waals surface area contributed by atoms with Gasteiger partial charge in [-0.2, -0.15) is 18.4 Å². The van der Waals surface area contributed by atoms with E-state index in [0.717, 1.165) is 25.1 Å². The maximum Gasteiger partial charge on any atom is 0.416 e. The molecular weight excluding hydrogens is 416 g/mol. The molecule has 0 fully saturated rings. The minimum absolute atomic E-state index is 0.133. The standard InChI is InChI=1S/C22H20F4N2O3/c1-4-12(2)31-20-10-19(28-21(30)17(11-27)13(3)29)18(23)9-16(20)14-5-7-15(8-6-14)22(24,25)26/h5-10,12,29H,4H2,1-3H3,(H,28,30)/b17-13-. The van der Waals surface area contributed by atoms with Crippen molar-refractivity contribution in [3.05, 3.63) is 59.1 Å². The lowest BCUT2D eigenvalue weighted by molar-refractivity contribution is -0.137. The zero-order valence-corrected chi connectivity index (χ0v) is 17.0. The van der Waals surface area contributed by atoms with Crippen LogP contribution in [0.1, 0.15) is 32.8 Å². The van der Waals surface area contributed by atoms with Gasteiger partial charge in [-0.05, 0) is 44.0 Å². The van der Waals surface area contributed by atoms with E-state index in [2.05, 4.69) is 5.32 Å². The maximum atomic E-state index is 14.7. The Kier molecular flexibility index (Phi) is 7.28. The highest BCUT2D eigenvalue weighted by Gasteiger charge is 2.30. The van der Waals surface area contributed by atoms with Crippen LogP contribution in [-0.4, -0.2) is 17.1 Å². The van der Waals surface area contributed by atoms with Crippen molar-refractivity contribution < 1.29 is 32.2 Å². The normalized spacial score (nSPS) is 13.1. The van der Waals surface area contributed by atoms with Crippen molar-refractivity contribution in [1.29, 1.82) is 5.26 Å². The van der Waals surface area contributed by atoms with E-state index in [1.165, 1.54) is 24.3 Å². The molecule has 0 aliphatic heterocycles. The van der Waals surface area contributed by atoms with E-state index in [0.29, 0.717) is 6.42 Å². The average Bonchev–Trinajstić information content (AvgIpc) is 2.69. The molecule has 0 saturated heterocycles. The van der Waals surface area contributed by atoms with Crippen LogP contribution in [-0.2, 0) is 11.0 Å². The first-order chi connectivity index (χ1) is 14.5. The van der Waals surface area contributed by atoms with Crippen LogP contribution in [0, 0.1) is 17.1 Å². The van der Waals surface area contributed by atoms with Crippen molar-refractivity contribution >= 4 is 11.6 Å². The predicted molar refractivity (Wildman–Crippen MR) is 107 cm³/mol. The molecular formula is C22H20F4N2O3. The molecule has 0 aromatic heterocycles. The fraction of sp³-hybridized carbons (Fsp3) is 0.273. The molecule has 9 heteroatoms. The largest absolute Gasteiger partial charge is 0.511 e. The number of hydrogen-bond acceptors (Lipinski definition) is 4. The lowest BCUT2D eigenvalue weighted by atomic mass is 10.0. The van der Waals surface area contributed by atoms with E-state index in [-0.39, 0.29) is 28.7 Å². The number of aliphatic hydroxyl groups excluding tert-OH is 1. The molecule has 0 heterocycles. The number of aliphatic hydroxyl groups is 1. The Morgan fingerprint density at radius 3 is 2.35 bits per heavy atom. The Bertz CT molecular complexity index is 1030. The Balaban J connectivity index is 2.52. The van der Waals surface area contributed by atoms with Crippen molar-refractivity contribution in [3.8, 4) is 22.9 Å². The summed E-state index contributed by atoms with van der Waals surface area (Å²) < 4.78 is 59.0. The summed E-state index contributed by atoms with van der Waals surface area (Å²) in [7, 11) is 0. The number of amides is 1. The number of anilines is 1. The highest BCUT2D eigenvalue weighted by molar-refractivity contribution is 6.07. The molecule has 1 amide bonds. The summed E-state index contributed by atoms with van der Waals surface area (Å²) in [6, 6.07) is 7.89. The molecule has 2 rings (SSSR count). The topological polar surface area (TPSA) is 82.3 Å². The number of nitrogens with zero attached hydrogens (tertiary/aromatic N) is 1. The summed E-state index contributed by atoms with van der Waals surface area (Å²) in [5, 5.41) is 20.6. The van der Waals surface area contributed by atoms with Crippen molar-refractivity contribution in [2.45, 2.75) is 39.5 Å². The van der Waals surface area contributed by atoms with E-state index in [4.69, 9.17) is 10.00 Å². The molecule has 2 aromatic carbocycles. The van der Waals surface area contributed by atoms with E-state index >= 15 is 0 Å². The predicted octanol–water partition coefficient (Wildman–Crippen LogP) is 5.98. The molecule has 1 unspecified atom stereocenters. The first kappa shape index (κ1) is 23.7. The van der Waals surface area contributed by atoms with Gasteiger partial charge in [-0.1, -0.05) is 19.1 Å². The van der Waals surface area contributed by atoms with Crippen molar-refractivity contribution in [1.82, 2.24) is 0 Å². The van der Waals surface area contributed by atoms with Crippen LogP contribution in [0.4, 0.5) is 23.2 Å². The van der Waals surface area contributed by atoms with E-state index in [1.807, 2.05) is 6.92 Å². The molecule has 31 heavy (non-hydrogen) atoms. The van der Waals surface area contributed by atoms with Crippen LogP contribution in [0.25, 0.3) is 11.1 Å². The van der Waals surface area contributed by atoms with Gasteiger partial charge >= 0.3 is 6.18 Å². The highest BCUT2D eigenvalue weighted by atomic mass is 19.4. The number of nitrogens with one attached hydrogen (secondary N) is 1. The van der Waals surface area contributed by atoms with Gasteiger partial charge < -0.3 is 15.2 Å². The van der Waals surface area contributed by atoms with Gasteiger partial charge in [-0.15, -0.1) is 0 Å². The second-order valence-corrected chi connectivity index (χ2v) is 6.77. The summed E-state index contributed by atoms with van der Waals surface area (Å²) in [5.74, 6) is -2.31. The number of hydrogen-bond donors (Lipinski definition) is 2. The van der Waals surface area contributed by atoms with Crippen molar-refractivity contribution in [3.63, 3.8) is 0 Å². The molecule has 0 bridgehead atoms. The Morgan fingerprint density at radius 2 is 1.87 bits per heavy atom. The first-order valence-corrected chi connectivity index (χ1v) is 9.27. The molecule has 0 radical (unpaired) electrons. The molecule has 2 aromatic rings. The lowest BCUT2D eigenvalue weighted by Gasteiger charge is -2.19. The maximum absolute atomic E-state index is 14.7. The number of rotatable bonds is 6. The van der Waals surface area contributed by atoms with Gasteiger partial charge in [0.2, 0.25) is 0 Å². The number of allylic oxidation sites excluding steroid dienone is 1. The van der Waals surface area contributed by atoms with E-state index in [9.17, 15) is 27.5 Å². The van der Waals surface area contributed by atoms with Gasteiger partial charge in [-0.25, -0.2) is 4.39 Å². The molecule has 0 aliphatic rings. The number of nitriles is 1. The third-order valence-electron chi connectivity index (χ3n) is 4.44. The Hall–Kier alpha value is -3.54. The highest BCUT2D eigenvalue weighted by Crippen LogP contribution is 2.37. The molecule has 1 atom stereocenters. The minimum Gasteiger partial charge on any atom is -0.511 e. The van der Waals surface area contributed by atoms with Gasteiger partial charge in [0.05, 0.1) is 17.4 Å². The summed E-state index contributed by atoms with van der Waals surface area (Å²) in [6.07, 6.45) is -4.22. The number of halogens is 4. The average molecular weight is 436 g/mol. The quantitative estimate of drug-likeness (QED) is 0.252. The molecule has 0 saturated carbocycles. The number of carbonyl (C=O) groups is 1. The van der Waals surface area contributed by atoms with E-state index < -0.39 is 34.8 Å². The molecule has 164 valence electrons. The van der Waals surface area contributed by atoms with Crippen molar-refractivity contribution in [2.75, 3.05) is 5.32 Å². The van der Waals surface area contributed by atoms with Crippen LogP contribution < -0.4 is 10.1 Å². The second-order valence-electron chi connectivity index (χ2n) is 6.77. The Morgan fingerprint density at radius 1 is 1.26 bits per heavy atom. The van der Waals surface area contributed by atoms with Crippen LogP contribution in [0.3, 0.4) is 0 Å². The summed E-state index contributed by atoms with van der Waals surface area (Å²) in [6.45, 7) is 4.74. The number of ether oxygens (including phenoxy) is 1. The van der Waals surface area contributed by atoms with Crippen LogP contribution >= 0.6 is 0 Å².